The van der Waals surface area contributed by atoms with Gasteiger partial charge >= 0.3 is 0 Å². The molecule has 0 aliphatic carbocycles. The zero-order valence-electron chi connectivity index (χ0n) is 8.70. The van der Waals surface area contributed by atoms with Gasteiger partial charge in [0, 0.05) is 14.2 Å². The molecule has 1 amide bonds. The van der Waals surface area contributed by atoms with E-state index in [1.807, 2.05) is 0 Å². The topological polar surface area (TPSA) is 55.8 Å². The Balaban J connectivity index is 2.59. The van der Waals surface area contributed by atoms with Crippen molar-refractivity contribution in [2.24, 2.45) is 0 Å². The number of Topliss-reactive ketones (excluding diaryl/α,β-unsaturated/α-hetero) is 1. The highest BCUT2D eigenvalue weighted by atomic mass is 16.7. The summed E-state index contributed by atoms with van der Waals surface area (Å²) in [7, 11) is 3.01. The molecule has 0 aromatic heterocycles. The minimum absolute atomic E-state index is 0.00348. The molecule has 1 heterocycles. The summed E-state index contributed by atoms with van der Waals surface area (Å²) in [6.07, 6.45) is 0.00348. The van der Waals surface area contributed by atoms with Crippen molar-refractivity contribution in [3.8, 4) is 0 Å². The van der Waals surface area contributed by atoms with E-state index in [4.69, 9.17) is 9.47 Å². The molecule has 1 aliphatic heterocycles. The van der Waals surface area contributed by atoms with Gasteiger partial charge in [0.05, 0.1) is 19.5 Å². The molecular weight excluding hydrogens is 186 g/mol. The fourth-order valence-corrected chi connectivity index (χ4v) is 1.34. The Bertz CT molecular complexity index is 247. The number of rotatable bonds is 4. The van der Waals surface area contributed by atoms with Crippen LogP contribution in [0.4, 0.5) is 0 Å². The molecule has 1 rings (SSSR count). The smallest absolute Gasteiger partial charge is 0.230 e. The molecule has 0 spiro atoms. The molecule has 1 saturated heterocycles. The SMILES string of the molecule is COC(C)(CN1CC(=O)CC1=O)OC. The lowest BCUT2D eigenvalue weighted by atomic mass is 10.3. The highest BCUT2D eigenvalue weighted by Gasteiger charge is 2.34. The molecule has 14 heavy (non-hydrogen) atoms. The van der Waals surface area contributed by atoms with E-state index in [0.717, 1.165) is 0 Å². The number of hydrogen-bond donors (Lipinski definition) is 0. The predicted molar refractivity (Wildman–Crippen MR) is 48.6 cm³/mol. The van der Waals surface area contributed by atoms with Crippen LogP contribution in [-0.4, -0.2) is 49.7 Å². The fraction of sp³-hybridized carbons (Fsp3) is 0.778. The molecule has 0 N–H and O–H groups in total. The van der Waals surface area contributed by atoms with Crippen LogP contribution in [0.3, 0.4) is 0 Å². The van der Waals surface area contributed by atoms with Gasteiger partial charge in [0.25, 0.3) is 0 Å². The van der Waals surface area contributed by atoms with E-state index in [1.54, 1.807) is 6.92 Å². The average molecular weight is 201 g/mol. The highest BCUT2D eigenvalue weighted by Crippen LogP contribution is 2.16. The van der Waals surface area contributed by atoms with Gasteiger partial charge in [-0.3, -0.25) is 9.59 Å². The second-order valence-corrected chi connectivity index (χ2v) is 3.51. The van der Waals surface area contributed by atoms with Crippen molar-refractivity contribution in [1.29, 1.82) is 0 Å². The van der Waals surface area contributed by atoms with Crippen molar-refractivity contribution < 1.29 is 19.1 Å². The summed E-state index contributed by atoms with van der Waals surface area (Å²) in [6.45, 7) is 2.18. The summed E-state index contributed by atoms with van der Waals surface area (Å²) in [5.74, 6) is -1.04. The van der Waals surface area contributed by atoms with Gasteiger partial charge in [0.2, 0.25) is 5.91 Å². The van der Waals surface area contributed by atoms with Crippen LogP contribution in [0.2, 0.25) is 0 Å². The molecule has 80 valence electrons. The number of methoxy groups -OCH3 is 2. The third-order valence-corrected chi connectivity index (χ3v) is 2.41. The predicted octanol–water partition coefficient (Wildman–Crippen LogP) is -0.203. The number of carbonyl (C=O) groups is 2. The van der Waals surface area contributed by atoms with Gasteiger partial charge < -0.3 is 14.4 Å². The zero-order valence-corrected chi connectivity index (χ0v) is 8.70. The summed E-state index contributed by atoms with van der Waals surface area (Å²) in [5, 5.41) is 0. The molecule has 0 atom stereocenters. The third-order valence-electron chi connectivity index (χ3n) is 2.41. The summed E-state index contributed by atoms with van der Waals surface area (Å²) in [5.41, 5.74) is 0. The van der Waals surface area contributed by atoms with E-state index in [0.29, 0.717) is 0 Å². The maximum atomic E-state index is 11.3. The molecule has 0 bridgehead atoms. The molecule has 1 aliphatic rings. The van der Waals surface area contributed by atoms with Crippen molar-refractivity contribution in [3.63, 3.8) is 0 Å². The number of ketones is 1. The van der Waals surface area contributed by atoms with Crippen LogP contribution in [0.5, 0.6) is 0 Å². The first-order valence-corrected chi connectivity index (χ1v) is 4.40. The zero-order chi connectivity index (χ0) is 10.8. The van der Waals surface area contributed by atoms with Gasteiger partial charge in [0.1, 0.15) is 0 Å². The molecule has 0 unspecified atom stereocenters. The van der Waals surface area contributed by atoms with Crippen LogP contribution < -0.4 is 0 Å². The first-order chi connectivity index (χ1) is 6.50. The van der Waals surface area contributed by atoms with Crippen LogP contribution in [0.1, 0.15) is 13.3 Å². The fourth-order valence-electron chi connectivity index (χ4n) is 1.34. The summed E-state index contributed by atoms with van der Waals surface area (Å²) in [4.78, 5) is 23.7. The molecule has 0 aromatic rings. The summed E-state index contributed by atoms with van der Waals surface area (Å²) < 4.78 is 10.2. The molecule has 5 nitrogen and oxygen atoms in total. The van der Waals surface area contributed by atoms with Gasteiger partial charge in [-0.1, -0.05) is 0 Å². The van der Waals surface area contributed by atoms with Crippen molar-refractivity contribution in [3.05, 3.63) is 0 Å². The maximum Gasteiger partial charge on any atom is 0.230 e. The molecule has 1 fully saturated rings. The van der Waals surface area contributed by atoms with Gasteiger partial charge in [0.15, 0.2) is 11.6 Å². The Morgan fingerprint density at radius 1 is 1.36 bits per heavy atom. The van der Waals surface area contributed by atoms with Crippen molar-refractivity contribution in [2.45, 2.75) is 19.1 Å². The highest BCUT2D eigenvalue weighted by molar-refractivity contribution is 6.05. The maximum absolute atomic E-state index is 11.3. The molecule has 5 heteroatoms. The number of ether oxygens (including phenoxy) is 2. The van der Waals surface area contributed by atoms with Crippen LogP contribution in [0, 0.1) is 0 Å². The minimum Gasteiger partial charge on any atom is -0.352 e. The number of likely N-dealkylation sites (tertiary alicyclic amines) is 1. The van der Waals surface area contributed by atoms with Crippen molar-refractivity contribution in [1.82, 2.24) is 4.90 Å². The van der Waals surface area contributed by atoms with Gasteiger partial charge in [-0.2, -0.15) is 0 Å². The average Bonchev–Trinajstić information content (AvgIpc) is 2.45. The molecule has 0 aromatic carbocycles. The lowest BCUT2D eigenvalue weighted by Gasteiger charge is -2.30. The van der Waals surface area contributed by atoms with Crippen molar-refractivity contribution >= 4 is 11.7 Å². The van der Waals surface area contributed by atoms with E-state index in [-0.39, 0.29) is 31.2 Å². The summed E-state index contributed by atoms with van der Waals surface area (Å²) in [6, 6.07) is 0. The Labute approximate surface area is 83.0 Å². The third kappa shape index (κ3) is 2.30. The largest absolute Gasteiger partial charge is 0.352 e. The number of amides is 1. The monoisotopic (exact) mass is 201 g/mol. The van der Waals surface area contributed by atoms with Crippen molar-refractivity contribution in [2.75, 3.05) is 27.3 Å². The second kappa shape index (κ2) is 4.06. The van der Waals surface area contributed by atoms with E-state index in [1.165, 1.54) is 19.1 Å². The quantitative estimate of drug-likeness (QED) is 0.467. The number of carbonyl (C=O) groups excluding carboxylic acids is 2. The molecule has 0 saturated carbocycles. The first kappa shape index (κ1) is 11.1. The Morgan fingerprint density at radius 3 is 2.29 bits per heavy atom. The van der Waals surface area contributed by atoms with E-state index in [2.05, 4.69) is 0 Å². The van der Waals surface area contributed by atoms with Crippen LogP contribution >= 0.6 is 0 Å². The van der Waals surface area contributed by atoms with E-state index < -0.39 is 5.79 Å². The van der Waals surface area contributed by atoms with E-state index >= 15 is 0 Å². The normalized spacial score (nSPS) is 18.1. The summed E-state index contributed by atoms with van der Waals surface area (Å²) >= 11 is 0. The minimum atomic E-state index is -0.833. The molecular formula is C9H15NO4. The van der Waals surface area contributed by atoms with Gasteiger partial charge in [-0.05, 0) is 6.92 Å². The van der Waals surface area contributed by atoms with E-state index in [9.17, 15) is 9.59 Å². The van der Waals surface area contributed by atoms with Crippen LogP contribution in [-0.2, 0) is 19.1 Å². The lowest BCUT2D eigenvalue weighted by Crippen LogP contribution is -2.44. The van der Waals surface area contributed by atoms with Gasteiger partial charge in [-0.25, -0.2) is 0 Å². The lowest BCUT2D eigenvalue weighted by molar-refractivity contribution is -0.203. The molecule has 0 radical (unpaired) electrons. The number of nitrogens with zero attached hydrogens (tertiary/aromatic N) is 1. The van der Waals surface area contributed by atoms with Crippen LogP contribution in [0.15, 0.2) is 0 Å². The Morgan fingerprint density at radius 2 is 1.93 bits per heavy atom. The van der Waals surface area contributed by atoms with Crippen LogP contribution in [0.25, 0.3) is 0 Å². The number of hydrogen-bond acceptors (Lipinski definition) is 4. The van der Waals surface area contributed by atoms with Gasteiger partial charge in [-0.15, -0.1) is 0 Å². The Hall–Kier alpha value is -0.940. The first-order valence-electron chi connectivity index (χ1n) is 4.40. The standard InChI is InChI=1S/C9H15NO4/c1-9(13-2,14-3)6-10-5-7(11)4-8(10)12/h4-6H2,1-3H3. The second-order valence-electron chi connectivity index (χ2n) is 3.51. The Kier molecular flexibility index (Phi) is 3.23.